The fourth-order valence-corrected chi connectivity index (χ4v) is 1.36. The molecule has 0 heterocycles. The molecule has 1 radical (unpaired) electrons. The van der Waals surface area contributed by atoms with Crippen LogP contribution in [-0.4, -0.2) is 13.3 Å². The number of halogens is 2. The Morgan fingerprint density at radius 2 is 2.21 bits per heavy atom. The molecule has 0 fully saturated rings. The van der Waals surface area contributed by atoms with Gasteiger partial charge < -0.3 is 4.74 Å². The molecule has 0 aliphatic rings. The monoisotopic (exact) mass is 215 g/mol. The molecule has 0 bridgehead atoms. The van der Waals surface area contributed by atoms with Crippen LogP contribution >= 0.6 is 11.6 Å². The van der Waals surface area contributed by atoms with Crippen LogP contribution in [-0.2, 0) is 0 Å². The fourth-order valence-electron chi connectivity index (χ4n) is 1.19. The lowest BCUT2D eigenvalue weighted by molar-refractivity contribution is 0.336. The highest BCUT2D eigenvalue weighted by Gasteiger charge is 2.12. The van der Waals surface area contributed by atoms with Crippen molar-refractivity contribution in [3.05, 3.63) is 34.7 Å². The van der Waals surface area contributed by atoms with Gasteiger partial charge in [-0.1, -0.05) is 18.5 Å². The van der Waals surface area contributed by atoms with Gasteiger partial charge in [-0.05, 0) is 25.1 Å². The molecule has 1 rings (SSSR count). The van der Waals surface area contributed by atoms with Gasteiger partial charge in [-0.15, -0.1) is 0 Å². The third kappa shape index (κ3) is 2.61. The van der Waals surface area contributed by atoms with Crippen LogP contribution in [0.1, 0.15) is 19.4 Å². The van der Waals surface area contributed by atoms with Gasteiger partial charge in [0.2, 0.25) is 0 Å². The summed E-state index contributed by atoms with van der Waals surface area (Å²) < 4.78 is 17.9. The molecule has 0 aliphatic carbocycles. The first kappa shape index (κ1) is 11.3. The van der Waals surface area contributed by atoms with Crippen molar-refractivity contribution in [1.82, 2.24) is 0 Å². The topological polar surface area (TPSA) is 9.23 Å². The summed E-state index contributed by atoms with van der Waals surface area (Å²) in [6.45, 7) is 3.70. The van der Waals surface area contributed by atoms with Crippen LogP contribution in [0.5, 0.6) is 5.75 Å². The van der Waals surface area contributed by atoms with E-state index in [1.807, 2.05) is 6.92 Å². The zero-order chi connectivity index (χ0) is 10.6. The Morgan fingerprint density at radius 1 is 1.50 bits per heavy atom. The molecule has 1 aromatic carbocycles. The highest BCUT2D eigenvalue weighted by Crippen LogP contribution is 2.29. The van der Waals surface area contributed by atoms with Crippen molar-refractivity contribution in [1.29, 1.82) is 0 Å². The normalized spacial score (nSPS) is 10.6. The SMILES string of the molecule is CCOc1ccc(Cl)cc1[C](C)CF. The molecule has 0 unspecified atom stereocenters. The molecule has 0 aromatic heterocycles. The third-order valence-corrected chi connectivity index (χ3v) is 2.14. The predicted octanol–water partition coefficient (Wildman–Crippen LogP) is 3.65. The van der Waals surface area contributed by atoms with Crippen molar-refractivity contribution >= 4 is 11.6 Å². The van der Waals surface area contributed by atoms with Gasteiger partial charge in [-0.3, -0.25) is 4.39 Å². The number of alkyl halides is 1. The fraction of sp³-hybridized carbons (Fsp3) is 0.364. The predicted molar refractivity (Wildman–Crippen MR) is 56.6 cm³/mol. The second-order valence-corrected chi connectivity index (χ2v) is 3.42. The summed E-state index contributed by atoms with van der Waals surface area (Å²) in [6.07, 6.45) is 0. The molecular weight excluding hydrogens is 203 g/mol. The molecule has 0 atom stereocenters. The average Bonchev–Trinajstić information content (AvgIpc) is 2.20. The maximum atomic E-state index is 12.5. The van der Waals surface area contributed by atoms with Crippen molar-refractivity contribution < 1.29 is 9.13 Å². The van der Waals surface area contributed by atoms with Gasteiger partial charge in [-0.25, -0.2) is 0 Å². The van der Waals surface area contributed by atoms with Crippen LogP contribution < -0.4 is 4.74 Å². The molecule has 0 spiro atoms. The van der Waals surface area contributed by atoms with E-state index in [9.17, 15) is 4.39 Å². The zero-order valence-electron chi connectivity index (χ0n) is 8.31. The number of hydrogen-bond acceptors (Lipinski definition) is 1. The minimum atomic E-state index is -0.486. The Kier molecular flexibility index (Phi) is 4.21. The maximum Gasteiger partial charge on any atom is 0.123 e. The molecule has 0 saturated heterocycles. The molecule has 14 heavy (non-hydrogen) atoms. The highest BCUT2D eigenvalue weighted by molar-refractivity contribution is 6.30. The van der Waals surface area contributed by atoms with Crippen LogP contribution in [0.25, 0.3) is 0 Å². The van der Waals surface area contributed by atoms with Crippen LogP contribution in [0.15, 0.2) is 18.2 Å². The van der Waals surface area contributed by atoms with Crippen molar-refractivity contribution in [3.8, 4) is 5.75 Å². The second kappa shape index (κ2) is 5.20. The van der Waals surface area contributed by atoms with Crippen molar-refractivity contribution in [2.75, 3.05) is 13.3 Å². The second-order valence-electron chi connectivity index (χ2n) is 2.99. The Labute approximate surface area is 88.8 Å². The van der Waals surface area contributed by atoms with E-state index in [0.717, 1.165) is 5.56 Å². The average molecular weight is 216 g/mol. The molecular formula is C11H13ClFO. The van der Waals surface area contributed by atoms with Gasteiger partial charge in [0.1, 0.15) is 5.75 Å². The lowest BCUT2D eigenvalue weighted by atomic mass is 10.0. The minimum absolute atomic E-state index is 0.486. The van der Waals surface area contributed by atoms with Crippen molar-refractivity contribution in [2.24, 2.45) is 0 Å². The summed E-state index contributed by atoms with van der Waals surface area (Å²) in [6, 6.07) is 5.23. The van der Waals surface area contributed by atoms with Crippen LogP contribution in [0.4, 0.5) is 4.39 Å². The van der Waals surface area contributed by atoms with Gasteiger partial charge in [-0.2, -0.15) is 0 Å². The van der Waals surface area contributed by atoms with E-state index in [4.69, 9.17) is 16.3 Å². The summed E-state index contributed by atoms with van der Waals surface area (Å²) in [5, 5.41) is 0.594. The van der Waals surface area contributed by atoms with Crippen LogP contribution in [0, 0.1) is 5.92 Å². The molecule has 0 amide bonds. The number of rotatable bonds is 4. The molecule has 3 heteroatoms. The molecule has 0 saturated carbocycles. The number of hydrogen-bond donors (Lipinski definition) is 0. The van der Waals surface area contributed by atoms with Crippen molar-refractivity contribution in [2.45, 2.75) is 13.8 Å². The summed E-state index contributed by atoms with van der Waals surface area (Å²) in [5.41, 5.74) is 0.752. The van der Waals surface area contributed by atoms with Gasteiger partial charge in [0.15, 0.2) is 0 Å². The molecule has 1 nitrogen and oxygen atoms in total. The van der Waals surface area contributed by atoms with Crippen molar-refractivity contribution in [3.63, 3.8) is 0 Å². The first-order valence-corrected chi connectivity index (χ1v) is 4.88. The first-order valence-electron chi connectivity index (χ1n) is 4.50. The van der Waals surface area contributed by atoms with E-state index in [-0.39, 0.29) is 0 Å². The standard InChI is InChI=1S/C11H13ClFO/c1-3-14-11-5-4-9(12)6-10(11)8(2)7-13/h4-6H,3,7H2,1-2H3. The Morgan fingerprint density at radius 3 is 2.79 bits per heavy atom. The Hall–Kier alpha value is -0.760. The summed E-state index contributed by atoms with van der Waals surface area (Å²) >= 11 is 5.83. The third-order valence-electron chi connectivity index (χ3n) is 1.90. The molecule has 0 aliphatic heterocycles. The maximum absolute atomic E-state index is 12.5. The number of benzene rings is 1. The van der Waals surface area contributed by atoms with Crippen LogP contribution in [0.2, 0.25) is 5.02 Å². The van der Waals surface area contributed by atoms with Crippen LogP contribution in [0.3, 0.4) is 0 Å². The number of ether oxygens (including phenoxy) is 1. The van der Waals surface area contributed by atoms with E-state index < -0.39 is 6.67 Å². The smallest absolute Gasteiger partial charge is 0.123 e. The molecule has 0 N–H and O–H groups in total. The van der Waals surface area contributed by atoms with E-state index in [0.29, 0.717) is 23.3 Å². The van der Waals surface area contributed by atoms with Gasteiger partial charge in [0, 0.05) is 16.5 Å². The van der Waals surface area contributed by atoms with E-state index in [2.05, 4.69) is 0 Å². The molecule has 77 valence electrons. The van der Waals surface area contributed by atoms with Gasteiger partial charge >= 0.3 is 0 Å². The summed E-state index contributed by atoms with van der Waals surface area (Å²) in [4.78, 5) is 0. The van der Waals surface area contributed by atoms with E-state index in [1.165, 1.54) is 0 Å². The Balaban J connectivity index is 3.02. The lowest BCUT2D eigenvalue weighted by Crippen LogP contribution is -2.02. The Bertz CT molecular complexity index is 301. The highest BCUT2D eigenvalue weighted by atomic mass is 35.5. The van der Waals surface area contributed by atoms with Gasteiger partial charge in [0.25, 0.3) is 0 Å². The molecule has 1 aromatic rings. The van der Waals surface area contributed by atoms with E-state index in [1.54, 1.807) is 25.1 Å². The largest absolute Gasteiger partial charge is 0.494 e. The first-order chi connectivity index (χ1) is 6.69. The quantitative estimate of drug-likeness (QED) is 0.745. The summed E-state index contributed by atoms with van der Waals surface area (Å²) in [7, 11) is 0. The summed E-state index contributed by atoms with van der Waals surface area (Å²) in [5.74, 6) is 1.32. The van der Waals surface area contributed by atoms with Gasteiger partial charge in [0.05, 0.1) is 13.3 Å². The van der Waals surface area contributed by atoms with E-state index >= 15 is 0 Å². The minimum Gasteiger partial charge on any atom is -0.494 e. The zero-order valence-corrected chi connectivity index (χ0v) is 9.07. The lowest BCUT2D eigenvalue weighted by Gasteiger charge is -2.13.